The van der Waals surface area contributed by atoms with Gasteiger partial charge in [0.05, 0.1) is 18.2 Å². The zero-order valence-corrected chi connectivity index (χ0v) is 11.9. The second-order valence-electron chi connectivity index (χ2n) is 5.34. The van der Waals surface area contributed by atoms with Crippen molar-refractivity contribution in [1.29, 1.82) is 0 Å². The summed E-state index contributed by atoms with van der Waals surface area (Å²) in [5.41, 5.74) is 7.14. The minimum Gasteiger partial charge on any atom is -0.465 e. The Labute approximate surface area is 118 Å². The average molecular weight is 276 g/mol. The predicted molar refractivity (Wildman–Crippen MR) is 76.5 cm³/mol. The third-order valence-corrected chi connectivity index (χ3v) is 3.85. The summed E-state index contributed by atoms with van der Waals surface area (Å²) in [4.78, 5) is 23.9. The van der Waals surface area contributed by atoms with E-state index in [9.17, 15) is 9.59 Å². The lowest BCUT2D eigenvalue weighted by atomic mass is 9.98. The molecule has 0 saturated heterocycles. The Morgan fingerprint density at radius 1 is 1.30 bits per heavy atom. The molecule has 108 valence electrons. The average Bonchev–Trinajstić information content (AvgIpc) is 2.88. The quantitative estimate of drug-likeness (QED) is 0.827. The van der Waals surface area contributed by atoms with Crippen LogP contribution in [0.5, 0.6) is 0 Å². The summed E-state index contributed by atoms with van der Waals surface area (Å²) in [6.07, 6.45) is 3.36. The number of nitrogens with two attached hydrogens (primary N) is 1. The Balaban J connectivity index is 2.17. The van der Waals surface area contributed by atoms with E-state index in [0.29, 0.717) is 24.1 Å². The smallest absolute Gasteiger partial charge is 0.338 e. The van der Waals surface area contributed by atoms with Gasteiger partial charge in [-0.3, -0.25) is 4.79 Å². The van der Waals surface area contributed by atoms with Crippen LogP contribution in [0.15, 0.2) is 18.2 Å². The highest BCUT2D eigenvalue weighted by molar-refractivity contribution is 5.99. The number of amides is 1. The normalized spacial score (nSPS) is 16.8. The summed E-state index contributed by atoms with van der Waals surface area (Å²) in [7, 11) is 1.33. The molecule has 2 rings (SSSR count). The second-order valence-corrected chi connectivity index (χ2v) is 5.34. The molecule has 5 heteroatoms. The van der Waals surface area contributed by atoms with Crippen molar-refractivity contribution in [1.82, 2.24) is 0 Å². The monoisotopic (exact) mass is 276 g/mol. The van der Waals surface area contributed by atoms with E-state index in [1.807, 2.05) is 6.92 Å². The van der Waals surface area contributed by atoms with Crippen LogP contribution in [0.25, 0.3) is 0 Å². The lowest BCUT2D eigenvalue weighted by Crippen LogP contribution is -2.48. The first kappa shape index (κ1) is 14.5. The van der Waals surface area contributed by atoms with Gasteiger partial charge in [0.25, 0.3) is 0 Å². The first-order valence-electron chi connectivity index (χ1n) is 6.75. The molecule has 1 amide bonds. The number of methoxy groups -OCH3 is 1. The summed E-state index contributed by atoms with van der Waals surface area (Å²) in [5, 5.41) is 2.80. The van der Waals surface area contributed by atoms with Crippen molar-refractivity contribution < 1.29 is 14.3 Å². The molecule has 5 nitrogen and oxygen atoms in total. The van der Waals surface area contributed by atoms with Gasteiger partial charge >= 0.3 is 5.97 Å². The zero-order chi connectivity index (χ0) is 14.8. The second kappa shape index (κ2) is 5.63. The van der Waals surface area contributed by atoms with Gasteiger partial charge < -0.3 is 15.8 Å². The van der Waals surface area contributed by atoms with E-state index < -0.39 is 11.5 Å². The topological polar surface area (TPSA) is 81.4 Å². The third kappa shape index (κ3) is 2.82. The molecule has 0 aromatic heterocycles. The molecule has 1 aromatic carbocycles. The van der Waals surface area contributed by atoms with Gasteiger partial charge in [-0.15, -0.1) is 0 Å². The third-order valence-electron chi connectivity index (χ3n) is 3.85. The van der Waals surface area contributed by atoms with Crippen LogP contribution in [0, 0.1) is 6.92 Å². The molecule has 1 fully saturated rings. The van der Waals surface area contributed by atoms with E-state index >= 15 is 0 Å². The summed E-state index contributed by atoms with van der Waals surface area (Å²) >= 11 is 0. The molecular weight excluding hydrogens is 256 g/mol. The highest BCUT2D eigenvalue weighted by Gasteiger charge is 2.37. The van der Waals surface area contributed by atoms with Crippen LogP contribution in [-0.2, 0) is 9.53 Å². The van der Waals surface area contributed by atoms with E-state index in [1.54, 1.807) is 18.2 Å². The number of ether oxygens (including phenoxy) is 1. The molecule has 20 heavy (non-hydrogen) atoms. The maximum Gasteiger partial charge on any atom is 0.338 e. The number of hydrogen-bond acceptors (Lipinski definition) is 4. The number of nitrogens with one attached hydrogen (secondary N) is 1. The SMILES string of the molecule is COC(=O)c1cc(NC(=O)C2(N)CCCC2)ccc1C. The van der Waals surface area contributed by atoms with E-state index in [4.69, 9.17) is 10.5 Å². The summed E-state index contributed by atoms with van der Waals surface area (Å²) < 4.78 is 4.72. The molecule has 0 spiro atoms. The number of aryl methyl sites for hydroxylation is 1. The van der Waals surface area contributed by atoms with Crippen molar-refractivity contribution in [2.45, 2.75) is 38.1 Å². The Bertz CT molecular complexity index is 534. The molecule has 1 aliphatic rings. The van der Waals surface area contributed by atoms with Gasteiger partial charge in [-0.2, -0.15) is 0 Å². The van der Waals surface area contributed by atoms with E-state index in [1.165, 1.54) is 7.11 Å². The molecule has 1 saturated carbocycles. The van der Waals surface area contributed by atoms with Crippen molar-refractivity contribution in [2.24, 2.45) is 5.73 Å². The fraction of sp³-hybridized carbons (Fsp3) is 0.467. The maximum absolute atomic E-state index is 12.2. The molecule has 0 radical (unpaired) electrons. The molecule has 3 N–H and O–H groups in total. The van der Waals surface area contributed by atoms with Crippen molar-refractivity contribution >= 4 is 17.6 Å². The Morgan fingerprint density at radius 2 is 1.95 bits per heavy atom. The summed E-state index contributed by atoms with van der Waals surface area (Å²) in [6, 6.07) is 5.16. The van der Waals surface area contributed by atoms with Crippen molar-refractivity contribution in [3.8, 4) is 0 Å². The fourth-order valence-corrected chi connectivity index (χ4v) is 2.52. The van der Waals surface area contributed by atoms with Crippen LogP contribution in [0.2, 0.25) is 0 Å². The van der Waals surface area contributed by atoms with E-state index in [0.717, 1.165) is 18.4 Å². The van der Waals surface area contributed by atoms with Crippen LogP contribution in [0.1, 0.15) is 41.6 Å². The maximum atomic E-state index is 12.2. The molecule has 0 bridgehead atoms. The van der Waals surface area contributed by atoms with Crippen LogP contribution < -0.4 is 11.1 Å². The van der Waals surface area contributed by atoms with Crippen LogP contribution in [-0.4, -0.2) is 24.5 Å². The number of anilines is 1. The molecular formula is C15H20N2O3. The number of hydrogen-bond donors (Lipinski definition) is 2. The molecule has 1 aliphatic carbocycles. The van der Waals surface area contributed by atoms with E-state index in [2.05, 4.69) is 5.32 Å². The Morgan fingerprint density at radius 3 is 2.55 bits per heavy atom. The first-order chi connectivity index (χ1) is 9.46. The largest absolute Gasteiger partial charge is 0.465 e. The molecule has 1 aromatic rings. The highest BCUT2D eigenvalue weighted by atomic mass is 16.5. The minimum atomic E-state index is -0.781. The number of carbonyl (C=O) groups is 2. The van der Waals surface area contributed by atoms with Crippen LogP contribution >= 0.6 is 0 Å². The first-order valence-corrected chi connectivity index (χ1v) is 6.75. The molecule has 0 aliphatic heterocycles. The predicted octanol–water partition coefficient (Wildman–Crippen LogP) is 1.99. The lowest BCUT2D eigenvalue weighted by Gasteiger charge is -2.22. The number of carbonyl (C=O) groups excluding carboxylic acids is 2. The van der Waals surface area contributed by atoms with Gasteiger partial charge in [0, 0.05) is 5.69 Å². The van der Waals surface area contributed by atoms with Gasteiger partial charge in [0.2, 0.25) is 5.91 Å². The fourth-order valence-electron chi connectivity index (χ4n) is 2.52. The molecule has 0 heterocycles. The standard InChI is InChI=1S/C15H20N2O3/c1-10-5-6-11(9-12(10)13(18)20-2)17-14(19)15(16)7-3-4-8-15/h5-6,9H,3-4,7-8,16H2,1-2H3,(H,17,19). The van der Waals surface area contributed by atoms with Gasteiger partial charge in [-0.25, -0.2) is 4.79 Å². The number of benzene rings is 1. The number of esters is 1. The van der Waals surface area contributed by atoms with Crippen molar-refractivity contribution in [3.63, 3.8) is 0 Å². The van der Waals surface area contributed by atoms with Gasteiger partial charge in [0.1, 0.15) is 0 Å². The van der Waals surface area contributed by atoms with Crippen molar-refractivity contribution in [2.75, 3.05) is 12.4 Å². The minimum absolute atomic E-state index is 0.185. The Hall–Kier alpha value is -1.88. The summed E-state index contributed by atoms with van der Waals surface area (Å²) in [6.45, 7) is 1.82. The van der Waals surface area contributed by atoms with Crippen molar-refractivity contribution in [3.05, 3.63) is 29.3 Å². The van der Waals surface area contributed by atoms with E-state index in [-0.39, 0.29) is 5.91 Å². The van der Waals surface area contributed by atoms with Crippen LogP contribution in [0.3, 0.4) is 0 Å². The van der Waals surface area contributed by atoms with Crippen LogP contribution in [0.4, 0.5) is 5.69 Å². The Kier molecular flexibility index (Phi) is 4.09. The zero-order valence-electron chi connectivity index (χ0n) is 11.9. The van der Waals surface area contributed by atoms with Gasteiger partial charge in [0.15, 0.2) is 0 Å². The molecule has 0 unspecified atom stereocenters. The van der Waals surface area contributed by atoms with Gasteiger partial charge in [-0.1, -0.05) is 18.9 Å². The molecule has 0 atom stereocenters. The summed E-state index contributed by atoms with van der Waals surface area (Å²) in [5.74, 6) is -0.600. The number of rotatable bonds is 3. The lowest BCUT2D eigenvalue weighted by molar-refractivity contribution is -0.121. The highest BCUT2D eigenvalue weighted by Crippen LogP contribution is 2.28. The van der Waals surface area contributed by atoms with Gasteiger partial charge in [-0.05, 0) is 37.5 Å².